The highest BCUT2D eigenvalue weighted by molar-refractivity contribution is 9.10. The predicted octanol–water partition coefficient (Wildman–Crippen LogP) is 3.89. The number of benzene rings is 1. The van der Waals surface area contributed by atoms with Crippen molar-refractivity contribution in [3.8, 4) is 0 Å². The van der Waals surface area contributed by atoms with Crippen molar-refractivity contribution in [1.29, 1.82) is 0 Å². The Balaban J connectivity index is 2.07. The molecule has 2 aromatic rings. The Morgan fingerprint density at radius 1 is 1.45 bits per heavy atom. The fourth-order valence-electron chi connectivity index (χ4n) is 2.01. The van der Waals surface area contributed by atoms with Gasteiger partial charge in [-0.15, -0.1) is 0 Å². The van der Waals surface area contributed by atoms with Gasteiger partial charge in [0.1, 0.15) is 5.82 Å². The average molecular weight is 340 g/mol. The van der Waals surface area contributed by atoms with Crippen molar-refractivity contribution >= 4 is 15.9 Å². The fraction of sp³-hybridized carbons (Fsp3) is 0.400. The molecule has 0 saturated heterocycles. The standard InChI is InChI=1S/C15H19BrFN3/c1-3-6-18-11(2)13-8-19-20(10-13)9-12-7-14(17)4-5-15(12)16/h4-5,7-8,10-11,18H,3,6,9H2,1-2H3. The summed E-state index contributed by atoms with van der Waals surface area (Å²) in [4.78, 5) is 0. The van der Waals surface area contributed by atoms with Gasteiger partial charge < -0.3 is 5.32 Å². The summed E-state index contributed by atoms with van der Waals surface area (Å²) in [7, 11) is 0. The van der Waals surface area contributed by atoms with E-state index >= 15 is 0 Å². The first-order valence-electron chi connectivity index (χ1n) is 6.79. The third-order valence-corrected chi connectivity index (χ3v) is 3.97. The number of nitrogens with one attached hydrogen (secondary N) is 1. The lowest BCUT2D eigenvalue weighted by molar-refractivity contribution is 0.569. The van der Waals surface area contributed by atoms with Gasteiger partial charge in [0, 0.05) is 22.3 Å². The average Bonchev–Trinajstić information content (AvgIpc) is 2.89. The van der Waals surface area contributed by atoms with Gasteiger partial charge in [0.25, 0.3) is 0 Å². The molecule has 1 heterocycles. The molecule has 0 aliphatic carbocycles. The summed E-state index contributed by atoms with van der Waals surface area (Å²) in [6.07, 6.45) is 4.97. The van der Waals surface area contributed by atoms with E-state index in [9.17, 15) is 4.39 Å². The molecule has 1 aromatic heterocycles. The summed E-state index contributed by atoms with van der Waals surface area (Å²) < 4.78 is 16.0. The van der Waals surface area contributed by atoms with Crippen molar-refractivity contribution in [2.24, 2.45) is 0 Å². The maximum Gasteiger partial charge on any atom is 0.123 e. The normalized spacial score (nSPS) is 12.6. The molecule has 1 atom stereocenters. The van der Waals surface area contributed by atoms with Crippen LogP contribution in [0.25, 0.3) is 0 Å². The molecule has 2 rings (SSSR count). The molecular formula is C15H19BrFN3. The van der Waals surface area contributed by atoms with Crippen LogP contribution in [0.5, 0.6) is 0 Å². The number of aromatic nitrogens is 2. The first-order chi connectivity index (χ1) is 9.60. The Morgan fingerprint density at radius 3 is 3.00 bits per heavy atom. The van der Waals surface area contributed by atoms with Crippen molar-refractivity contribution in [1.82, 2.24) is 15.1 Å². The van der Waals surface area contributed by atoms with Gasteiger partial charge >= 0.3 is 0 Å². The molecule has 20 heavy (non-hydrogen) atoms. The van der Waals surface area contributed by atoms with Crippen LogP contribution in [0.15, 0.2) is 35.1 Å². The fourth-order valence-corrected chi connectivity index (χ4v) is 2.38. The zero-order chi connectivity index (χ0) is 14.5. The minimum atomic E-state index is -0.228. The van der Waals surface area contributed by atoms with Crippen LogP contribution in [-0.4, -0.2) is 16.3 Å². The summed E-state index contributed by atoms with van der Waals surface area (Å²) in [5, 5.41) is 7.77. The number of hydrogen-bond donors (Lipinski definition) is 1. The predicted molar refractivity (Wildman–Crippen MR) is 82.1 cm³/mol. The van der Waals surface area contributed by atoms with Crippen molar-refractivity contribution in [2.45, 2.75) is 32.9 Å². The molecule has 1 N–H and O–H groups in total. The maximum absolute atomic E-state index is 13.3. The first-order valence-corrected chi connectivity index (χ1v) is 7.59. The van der Waals surface area contributed by atoms with Crippen LogP contribution >= 0.6 is 15.9 Å². The lowest BCUT2D eigenvalue weighted by Gasteiger charge is -2.10. The second-order valence-electron chi connectivity index (χ2n) is 4.88. The van der Waals surface area contributed by atoms with Crippen LogP contribution in [0.1, 0.15) is 37.4 Å². The number of halogens is 2. The minimum Gasteiger partial charge on any atom is -0.310 e. The lowest BCUT2D eigenvalue weighted by atomic mass is 10.2. The van der Waals surface area contributed by atoms with Crippen LogP contribution in [0.3, 0.4) is 0 Å². The summed E-state index contributed by atoms with van der Waals surface area (Å²) in [5.41, 5.74) is 2.03. The topological polar surface area (TPSA) is 29.9 Å². The monoisotopic (exact) mass is 339 g/mol. The summed E-state index contributed by atoms with van der Waals surface area (Å²) in [6, 6.07) is 4.98. The highest BCUT2D eigenvalue weighted by Gasteiger charge is 2.08. The summed E-state index contributed by atoms with van der Waals surface area (Å²) >= 11 is 3.44. The molecule has 5 heteroatoms. The van der Waals surface area contributed by atoms with Crippen LogP contribution < -0.4 is 5.32 Å². The number of nitrogens with zero attached hydrogens (tertiary/aromatic N) is 2. The molecule has 0 saturated carbocycles. The lowest BCUT2D eigenvalue weighted by Crippen LogP contribution is -2.18. The van der Waals surface area contributed by atoms with Crippen LogP contribution in [0, 0.1) is 5.82 Å². The number of rotatable bonds is 6. The molecule has 1 aromatic carbocycles. The van der Waals surface area contributed by atoms with Gasteiger partial charge in [-0.2, -0.15) is 5.10 Å². The van der Waals surface area contributed by atoms with Crippen LogP contribution in [0.4, 0.5) is 4.39 Å². The minimum absolute atomic E-state index is 0.228. The third-order valence-electron chi connectivity index (χ3n) is 3.19. The van der Waals surface area contributed by atoms with Gasteiger partial charge in [-0.05, 0) is 43.7 Å². The molecule has 0 aliphatic rings. The second-order valence-corrected chi connectivity index (χ2v) is 5.74. The third kappa shape index (κ3) is 3.90. The van der Waals surface area contributed by atoms with E-state index < -0.39 is 0 Å². The van der Waals surface area contributed by atoms with Crippen molar-refractivity contribution < 1.29 is 4.39 Å². The van der Waals surface area contributed by atoms with Gasteiger partial charge in [0.15, 0.2) is 0 Å². The molecule has 1 unspecified atom stereocenters. The van der Waals surface area contributed by atoms with Crippen LogP contribution in [0.2, 0.25) is 0 Å². The molecule has 3 nitrogen and oxygen atoms in total. The largest absolute Gasteiger partial charge is 0.310 e. The summed E-state index contributed by atoms with van der Waals surface area (Å²) in [6.45, 7) is 5.81. The molecule has 0 fully saturated rings. The smallest absolute Gasteiger partial charge is 0.123 e. The first kappa shape index (κ1) is 15.2. The summed E-state index contributed by atoms with van der Waals surface area (Å²) in [5.74, 6) is -0.228. The molecular weight excluding hydrogens is 321 g/mol. The highest BCUT2D eigenvalue weighted by Crippen LogP contribution is 2.19. The van der Waals surface area contributed by atoms with E-state index in [1.807, 2.05) is 17.1 Å². The molecule has 108 valence electrons. The van der Waals surface area contributed by atoms with E-state index in [1.54, 1.807) is 6.07 Å². The van der Waals surface area contributed by atoms with Gasteiger partial charge in [-0.3, -0.25) is 4.68 Å². The zero-order valence-corrected chi connectivity index (χ0v) is 13.3. The number of hydrogen-bond acceptors (Lipinski definition) is 2. The Labute approximate surface area is 127 Å². The van der Waals surface area contributed by atoms with Crippen molar-refractivity contribution in [3.05, 3.63) is 52.0 Å². The Kier molecular flexibility index (Phi) is 5.31. The van der Waals surface area contributed by atoms with Gasteiger partial charge in [-0.25, -0.2) is 4.39 Å². The van der Waals surface area contributed by atoms with E-state index in [0.29, 0.717) is 6.54 Å². The highest BCUT2D eigenvalue weighted by atomic mass is 79.9. The molecule has 0 aliphatic heterocycles. The maximum atomic E-state index is 13.3. The molecule has 0 amide bonds. The Bertz CT molecular complexity index is 568. The van der Waals surface area contributed by atoms with E-state index in [4.69, 9.17) is 0 Å². The van der Waals surface area contributed by atoms with E-state index in [-0.39, 0.29) is 11.9 Å². The van der Waals surface area contributed by atoms with E-state index in [2.05, 4.69) is 40.2 Å². The zero-order valence-electron chi connectivity index (χ0n) is 11.7. The Hall–Kier alpha value is -1.20. The molecule has 0 radical (unpaired) electrons. The SMILES string of the molecule is CCCNC(C)c1cnn(Cc2cc(F)ccc2Br)c1. The molecule has 0 spiro atoms. The van der Waals surface area contributed by atoms with Crippen molar-refractivity contribution in [2.75, 3.05) is 6.54 Å². The van der Waals surface area contributed by atoms with Gasteiger partial charge in [-0.1, -0.05) is 22.9 Å². The van der Waals surface area contributed by atoms with Crippen LogP contribution in [-0.2, 0) is 6.54 Å². The van der Waals surface area contributed by atoms with Crippen molar-refractivity contribution in [3.63, 3.8) is 0 Å². The quantitative estimate of drug-likeness (QED) is 0.865. The van der Waals surface area contributed by atoms with E-state index in [0.717, 1.165) is 28.6 Å². The second kappa shape index (κ2) is 6.99. The van der Waals surface area contributed by atoms with Gasteiger partial charge in [0.2, 0.25) is 0 Å². The molecule has 0 bridgehead atoms. The van der Waals surface area contributed by atoms with E-state index in [1.165, 1.54) is 12.1 Å². The Morgan fingerprint density at radius 2 is 2.25 bits per heavy atom. The van der Waals surface area contributed by atoms with Gasteiger partial charge in [0.05, 0.1) is 12.7 Å².